The Bertz CT molecular complexity index is 685. The van der Waals surface area contributed by atoms with Crippen molar-refractivity contribution < 1.29 is 9.59 Å². The first-order valence-corrected chi connectivity index (χ1v) is 7.24. The Morgan fingerprint density at radius 3 is 2.33 bits per heavy atom. The van der Waals surface area contributed by atoms with E-state index in [4.69, 9.17) is 0 Å². The van der Waals surface area contributed by atoms with E-state index in [9.17, 15) is 9.59 Å². The molecular formula is C19H18O2. The third kappa shape index (κ3) is 2.54. The number of benzene rings is 2. The van der Waals surface area contributed by atoms with E-state index in [0.717, 1.165) is 23.0 Å². The molecule has 1 aliphatic carbocycles. The van der Waals surface area contributed by atoms with Crippen molar-refractivity contribution in [3.8, 4) is 0 Å². The summed E-state index contributed by atoms with van der Waals surface area (Å²) in [5, 5.41) is 0. The van der Waals surface area contributed by atoms with Gasteiger partial charge in [-0.2, -0.15) is 0 Å². The van der Waals surface area contributed by atoms with Crippen molar-refractivity contribution in [3.63, 3.8) is 0 Å². The summed E-state index contributed by atoms with van der Waals surface area (Å²) in [5.74, 6) is -0.262. The highest BCUT2D eigenvalue weighted by Crippen LogP contribution is 2.54. The first-order valence-electron chi connectivity index (χ1n) is 7.24. The lowest BCUT2D eigenvalue weighted by molar-refractivity contribution is -0.109. The van der Waals surface area contributed by atoms with Gasteiger partial charge < -0.3 is 4.79 Å². The van der Waals surface area contributed by atoms with Gasteiger partial charge in [-0.25, -0.2) is 0 Å². The topological polar surface area (TPSA) is 34.1 Å². The highest BCUT2D eigenvalue weighted by Gasteiger charge is 2.55. The van der Waals surface area contributed by atoms with Crippen molar-refractivity contribution >= 4 is 12.1 Å². The van der Waals surface area contributed by atoms with Crippen LogP contribution in [-0.4, -0.2) is 12.1 Å². The second-order valence-corrected chi connectivity index (χ2v) is 5.91. The predicted molar refractivity (Wildman–Crippen MR) is 82.5 cm³/mol. The quantitative estimate of drug-likeness (QED) is 0.631. The molecule has 3 rings (SSSR count). The molecule has 2 heteroatoms. The van der Waals surface area contributed by atoms with Gasteiger partial charge in [0.1, 0.15) is 6.29 Å². The SMILES string of the molecule is Cc1ccc(C(=O)[C@@H]2[C@@H](C=O)[C@@H]2c2cccc(C)c2)cc1. The van der Waals surface area contributed by atoms with Crippen LogP contribution in [0.3, 0.4) is 0 Å². The van der Waals surface area contributed by atoms with Crippen LogP contribution < -0.4 is 0 Å². The molecule has 2 aromatic rings. The van der Waals surface area contributed by atoms with Gasteiger partial charge in [0.25, 0.3) is 0 Å². The fourth-order valence-electron chi connectivity index (χ4n) is 3.06. The molecule has 1 fully saturated rings. The molecule has 0 saturated heterocycles. The summed E-state index contributed by atoms with van der Waals surface area (Å²) < 4.78 is 0. The molecule has 2 aromatic carbocycles. The average Bonchev–Trinajstić information content (AvgIpc) is 3.21. The Morgan fingerprint density at radius 2 is 1.71 bits per heavy atom. The van der Waals surface area contributed by atoms with Crippen LogP contribution in [0.2, 0.25) is 0 Å². The first-order chi connectivity index (χ1) is 10.1. The molecule has 0 N–H and O–H groups in total. The zero-order valence-corrected chi connectivity index (χ0v) is 12.2. The maximum atomic E-state index is 12.6. The summed E-state index contributed by atoms with van der Waals surface area (Å²) in [6.45, 7) is 4.02. The summed E-state index contributed by atoms with van der Waals surface area (Å²) in [5.41, 5.74) is 4.08. The average molecular weight is 278 g/mol. The monoisotopic (exact) mass is 278 g/mol. The minimum absolute atomic E-state index is 0.0382. The van der Waals surface area contributed by atoms with Gasteiger partial charge in [-0.1, -0.05) is 59.7 Å². The van der Waals surface area contributed by atoms with Gasteiger partial charge >= 0.3 is 0 Å². The summed E-state index contributed by atoms with van der Waals surface area (Å²) in [7, 11) is 0. The van der Waals surface area contributed by atoms with Crippen molar-refractivity contribution in [3.05, 3.63) is 70.8 Å². The largest absolute Gasteiger partial charge is 0.303 e. The number of aldehydes is 1. The number of aryl methyl sites for hydroxylation is 2. The lowest BCUT2D eigenvalue weighted by Crippen LogP contribution is -2.04. The van der Waals surface area contributed by atoms with E-state index in [1.54, 1.807) is 0 Å². The van der Waals surface area contributed by atoms with Crippen molar-refractivity contribution in [2.45, 2.75) is 19.8 Å². The molecule has 1 aliphatic rings. The van der Waals surface area contributed by atoms with Gasteiger partial charge in [0, 0.05) is 23.3 Å². The van der Waals surface area contributed by atoms with Crippen molar-refractivity contribution in [1.82, 2.24) is 0 Å². The molecule has 21 heavy (non-hydrogen) atoms. The molecule has 0 radical (unpaired) electrons. The highest BCUT2D eigenvalue weighted by molar-refractivity contribution is 6.03. The van der Waals surface area contributed by atoms with Gasteiger partial charge in [0.2, 0.25) is 0 Å². The van der Waals surface area contributed by atoms with Crippen molar-refractivity contribution in [2.75, 3.05) is 0 Å². The van der Waals surface area contributed by atoms with E-state index >= 15 is 0 Å². The third-order valence-electron chi connectivity index (χ3n) is 4.30. The Morgan fingerprint density at radius 1 is 1.00 bits per heavy atom. The van der Waals surface area contributed by atoms with Gasteiger partial charge in [-0.05, 0) is 19.4 Å². The van der Waals surface area contributed by atoms with Gasteiger partial charge in [0.15, 0.2) is 5.78 Å². The van der Waals surface area contributed by atoms with Crippen molar-refractivity contribution in [2.24, 2.45) is 11.8 Å². The van der Waals surface area contributed by atoms with Gasteiger partial charge in [0.05, 0.1) is 0 Å². The number of Topliss-reactive ketones (excluding diaryl/α,β-unsaturated/α-hetero) is 1. The number of hydrogen-bond donors (Lipinski definition) is 0. The molecule has 106 valence electrons. The summed E-state index contributed by atoms with van der Waals surface area (Å²) in [6.07, 6.45) is 0.934. The number of hydrogen-bond acceptors (Lipinski definition) is 2. The van der Waals surface area contributed by atoms with E-state index in [1.807, 2.05) is 56.3 Å². The smallest absolute Gasteiger partial charge is 0.167 e. The molecule has 2 nitrogen and oxygen atoms in total. The molecular weight excluding hydrogens is 260 g/mol. The number of ketones is 1. The van der Waals surface area contributed by atoms with E-state index in [-0.39, 0.29) is 23.5 Å². The maximum absolute atomic E-state index is 12.6. The summed E-state index contributed by atoms with van der Waals surface area (Å²) in [6, 6.07) is 15.7. The normalized spacial score (nSPS) is 23.6. The molecule has 1 saturated carbocycles. The highest BCUT2D eigenvalue weighted by atomic mass is 16.1. The Balaban J connectivity index is 1.87. The molecule has 0 aromatic heterocycles. The van der Waals surface area contributed by atoms with Gasteiger partial charge in [-0.15, -0.1) is 0 Å². The Labute approximate surface area is 124 Å². The molecule has 0 spiro atoms. The van der Waals surface area contributed by atoms with E-state index in [2.05, 4.69) is 6.07 Å². The van der Waals surface area contributed by atoms with E-state index in [0.29, 0.717) is 5.56 Å². The summed E-state index contributed by atoms with van der Waals surface area (Å²) >= 11 is 0. The van der Waals surface area contributed by atoms with Crippen LogP contribution in [0.1, 0.15) is 33.0 Å². The minimum atomic E-state index is -0.202. The van der Waals surface area contributed by atoms with Crippen LogP contribution in [0.25, 0.3) is 0 Å². The number of rotatable bonds is 4. The lowest BCUT2D eigenvalue weighted by atomic mass is 10.0. The molecule has 0 heterocycles. The zero-order chi connectivity index (χ0) is 15.0. The van der Waals surface area contributed by atoms with Crippen molar-refractivity contribution in [1.29, 1.82) is 0 Å². The maximum Gasteiger partial charge on any atom is 0.167 e. The van der Waals surface area contributed by atoms with Gasteiger partial charge in [-0.3, -0.25) is 4.79 Å². The first kappa shape index (κ1) is 13.7. The van der Waals surface area contributed by atoms with Crippen LogP contribution in [0, 0.1) is 25.7 Å². The minimum Gasteiger partial charge on any atom is -0.303 e. The standard InChI is InChI=1S/C19H18O2/c1-12-6-8-14(9-7-12)19(21)18-16(11-20)17(18)15-5-3-4-13(2)10-15/h3-11,16-18H,1-2H3/t16-,17-,18+/m0/s1. The fraction of sp³-hybridized carbons (Fsp3) is 0.263. The third-order valence-corrected chi connectivity index (χ3v) is 4.30. The molecule has 0 unspecified atom stereocenters. The predicted octanol–water partition coefficient (Wildman–Crippen LogP) is 3.71. The van der Waals surface area contributed by atoms with Crippen LogP contribution in [0.15, 0.2) is 48.5 Å². The molecule has 0 bridgehead atoms. The Kier molecular flexibility index (Phi) is 3.46. The second-order valence-electron chi connectivity index (χ2n) is 5.91. The molecule has 0 amide bonds. The number of carbonyl (C=O) groups excluding carboxylic acids is 2. The van der Waals surface area contributed by atoms with Crippen LogP contribution >= 0.6 is 0 Å². The zero-order valence-electron chi connectivity index (χ0n) is 12.2. The Hall–Kier alpha value is -2.22. The van der Waals surface area contributed by atoms with Crippen LogP contribution in [-0.2, 0) is 4.79 Å². The van der Waals surface area contributed by atoms with Crippen LogP contribution in [0.4, 0.5) is 0 Å². The molecule has 3 atom stereocenters. The van der Waals surface area contributed by atoms with Crippen LogP contribution in [0.5, 0.6) is 0 Å². The lowest BCUT2D eigenvalue weighted by Gasteiger charge is -2.02. The molecule has 0 aliphatic heterocycles. The van der Waals surface area contributed by atoms with E-state index in [1.165, 1.54) is 0 Å². The number of carbonyl (C=O) groups is 2. The van der Waals surface area contributed by atoms with E-state index < -0.39 is 0 Å². The fourth-order valence-corrected chi connectivity index (χ4v) is 3.06. The summed E-state index contributed by atoms with van der Waals surface area (Å²) in [4.78, 5) is 23.9. The second kappa shape index (κ2) is 5.28.